The molecule has 0 aliphatic carbocycles. The van der Waals surface area contributed by atoms with E-state index in [2.05, 4.69) is 9.82 Å². The van der Waals surface area contributed by atoms with Crippen molar-refractivity contribution < 1.29 is 17.2 Å². The van der Waals surface area contributed by atoms with Crippen molar-refractivity contribution in [2.45, 2.75) is 11.4 Å². The van der Waals surface area contributed by atoms with Crippen LogP contribution >= 0.6 is 0 Å². The quantitative estimate of drug-likeness (QED) is 0.548. The van der Waals surface area contributed by atoms with Gasteiger partial charge in [-0.05, 0) is 34.5 Å². The average Bonchev–Trinajstić information content (AvgIpc) is 3.10. The first-order chi connectivity index (χ1) is 13.4. The van der Waals surface area contributed by atoms with Crippen molar-refractivity contribution in [1.82, 2.24) is 9.78 Å². The predicted molar refractivity (Wildman–Crippen MR) is 102 cm³/mol. The van der Waals surface area contributed by atoms with E-state index >= 15 is 0 Å². The Morgan fingerprint density at radius 2 is 1.75 bits per heavy atom. The molecule has 0 spiro atoms. The molecule has 5 nitrogen and oxygen atoms in total. The number of nitrogens with one attached hydrogen (secondary N) is 1. The van der Waals surface area contributed by atoms with E-state index < -0.39 is 26.6 Å². The maximum absolute atomic E-state index is 13.8. The summed E-state index contributed by atoms with van der Waals surface area (Å²) in [5.74, 6) is -1.86. The lowest BCUT2D eigenvalue weighted by Gasteiger charge is -2.08. The normalized spacial score (nSPS) is 11.6. The van der Waals surface area contributed by atoms with E-state index in [0.29, 0.717) is 12.6 Å². The third kappa shape index (κ3) is 3.59. The monoisotopic (exact) mass is 399 g/mol. The number of hydrogen-bond donors (Lipinski definition) is 1. The van der Waals surface area contributed by atoms with Gasteiger partial charge in [-0.15, -0.1) is 0 Å². The summed E-state index contributed by atoms with van der Waals surface area (Å²) in [7, 11) is -4.30. The summed E-state index contributed by atoms with van der Waals surface area (Å²) >= 11 is 0. The first-order valence-corrected chi connectivity index (χ1v) is 9.89. The van der Waals surface area contributed by atoms with Crippen LogP contribution in [0.1, 0.15) is 5.56 Å². The molecule has 1 N–H and O–H groups in total. The number of sulfonamides is 1. The highest BCUT2D eigenvalue weighted by Gasteiger charge is 2.21. The van der Waals surface area contributed by atoms with Crippen molar-refractivity contribution >= 4 is 26.6 Å². The van der Waals surface area contributed by atoms with Crippen molar-refractivity contribution in [1.29, 1.82) is 0 Å². The first-order valence-electron chi connectivity index (χ1n) is 8.40. The Kier molecular flexibility index (Phi) is 4.56. The molecule has 0 bridgehead atoms. The van der Waals surface area contributed by atoms with Gasteiger partial charge in [-0.1, -0.05) is 42.5 Å². The summed E-state index contributed by atoms with van der Waals surface area (Å²) < 4.78 is 55.6. The van der Waals surface area contributed by atoms with Gasteiger partial charge in [0.2, 0.25) is 0 Å². The lowest BCUT2D eigenvalue weighted by molar-refractivity contribution is 0.555. The van der Waals surface area contributed by atoms with Gasteiger partial charge in [-0.2, -0.15) is 5.10 Å². The molecule has 8 heteroatoms. The number of benzene rings is 3. The average molecular weight is 399 g/mol. The van der Waals surface area contributed by atoms with Gasteiger partial charge in [-0.25, -0.2) is 17.2 Å². The Labute approximate surface area is 160 Å². The van der Waals surface area contributed by atoms with Crippen LogP contribution in [0.3, 0.4) is 0 Å². The number of halogens is 2. The first kappa shape index (κ1) is 18.1. The number of anilines is 1. The highest BCUT2D eigenvalue weighted by molar-refractivity contribution is 7.92. The van der Waals surface area contributed by atoms with E-state index in [-0.39, 0.29) is 5.82 Å². The second-order valence-electron chi connectivity index (χ2n) is 6.22. The molecule has 0 unspecified atom stereocenters. The maximum atomic E-state index is 13.8. The van der Waals surface area contributed by atoms with Gasteiger partial charge in [0.05, 0.1) is 6.54 Å². The maximum Gasteiger partial charge on any atom is 0.266 e. The van der Waals surface area contributed by atoms with Crippen molar-refractivity contribution in [3.05, 3.63) is 90.1 Å². The molecule has 142 valence electrons. The topological polar surface area (TPSA) is 64.0 Å². The zero-order valence-electron chi connectivity index (χ0n) is 14.5. The van der Waals surface area contributed by atoms with E-state index in [4.69, 9.17) is 0 Å². The van der Waals surface area contributed by atoms with Crippen LogP contribution in [-0.2, 0) is 16.6 Å². The van der Waals surface area contributed by atoms with E-state index in [1.165, 1.54) is 6.07 Å². The minimum atomic E-state index is -4.30. The number of hydrogen-bond acceptors (Lipinski definition) is 3. The van der Waals surface area contributed by atoms with Crippen molar-refractivity contribution in [3.8, 4) is 0 Å². The molecular formula is C20H15F2N3O2S. The van der Waals surface area contributed by atoms with E-state index in [0.717, 1.165) is 28.5 Å². The van der Waals surface area contributed by atoms with Gasteiger partial charge in [0.15, 0.2) is 5.82 Å². The molecule has 28 heavy (non-hydrogen) atoms. The smallest absolute Gasteiger partial charge is 0.266 e. The fourth-order valence-corrected chi connectivity index (χ4v) is 4.07. The molecule has 0 radical (unpaired) electrons. The van der Waals surface area contributed by atoms with Crippen molar-refractivity contribution in [2.24, 2.45) is 0 Å². The van der Waals surface area contributed by atoms with Crippen LogP contribution in [0.25, 0.3) is 10.8 Å². The van der Waals surface area contributed by atoms with Crippen LogP contribution in [0.5, 0.6) is 0 Å². The van der Waals surface area contributed by atoms with Crippen LogP contribution in [0.4, 0.5) is 14.6 Å². The third-order valence-electron chi connectivity index (χ3n) is 4.27. The minimum Gasteiger partial charge on any atom is -0.266 e. The Hall–Kier alpha value is -3.26. The Morgan fingerprint density at radius 1 is 0.964 bits per heavy atom. The summed E-state index contributed by atoms with van der Waals surface area (Å²) in [5.41, 5.74) is 1.02. The fraction of sp³-hybridized carbons (Fsp3) is 0.0500. The fourth-order valence-electron chi connectivity index (χ4n) is 2.98. The molecule has 0 atom stereocenters. The molecule has 0 saturated carbocycles. The largest absolute Gasteiger partial charge is 0.266 e. The van der Waals surface area contributed by atoms with Crippen LogP contribution in [-0.4, -0.2) is 18.2 Å². The van der Waals surface area contributed by atoms with E-state index in [9.17, 15) is 17.2 Å². The van der Waals surface area contributed by atoms with Crippen LogP contribution < -0.4 is 4.72 Å². The summed E-state index contributed by atoms with van der Waals surface area (Å²) in [6.07, 6.45) is 1.61. The molecule has 3 aromatic carbocycles. The molecule has 0 amide bonds. The lowest BCUT2D eigenvalue weighted by atomic mass is 10.0. The molecule has 4 aromatic rings. The van der Waals surface area contributed by atoms with Gasteiger partial charge in [0.1, 0.15) is 16.5 Å². The number of fused-ring (bicyclic) bond motifs is 1. The zero-order valence-corrected chi connectivity index (χ0v) is 15.3. The summed E-state index contributed by atoms with van der Waals surface area (Å²) in [5, 5.41) is 6.35. The molecule has 1 aromatic heterocycles. The van der Waals surface area contributed by atoms with Crippen LogP contribution in [0.15, 0.2) is 77.8 Å². The SMILES string of the molecule is O=S(=O)(Nc1ccn(Cc2cccc3ccccc23)n1)c1cc(F)ccc1F. The lowest BCUT2D eigenvalue weighted by Crippen LogP contribution is -2.15. The molecule has 4 rings (SSSR count). The molecule has 0 saturated heterocycles. The highest BCUT2D eigenvalue weighted by Crippen LogP contribution is 2.21. The molecular weight excluding hydrogens is 384 g/mol. The Morgan fingerprint density at radius 3 is 2.61 bits per heavy atom. The van der Waals surface area contributed by atoms with Gasteiger partial charge < -0.3 is 0 Å². The van der Waals surface area contributed by atoms with Crippen LogP contribution in [0, 0.1) is 11.6 Å². The second kappa shape index (κ2) is 7.05. The number of nitrogens with zero attached hydrogens (tertiary/aromatic N) is 2. The molecule has 0 aliphatic rings. The molecule has 1 heterocycles. The van der Waals surface area contributed by atoms with Crippen LogP contribution in [0.2, 0.25) is 0 Å². The molecule has 0 fully saturated rings. The summed E-state index contributed by atoms with van der Waals surface area (Å²) in [6, 6.07) is 17.5. The van der Waals surface area contributed by atoms with E-state index in [1.807, 2.05) is 42.5 Å². The van der Waals surface area contributed by atoms with Gasteiger partial charge in [0.25, 0.3) is 10.0 Å². The molecule has 0 aliphatic heterocycles. The Bertz CT molecular complexity index is 1260. The zero-order chi connectivity index (χ0) is 19.7. The van der Waals surface area contributed by atoms with Crippen molar-refractivity contribution in [2.75, 3.05) is 4.72 Å². The number of aromatic nitrogens is 2. The summed E-state index contributed by atoms with van der Waals surface area (Å²) in [6.45, 7) is 0.428. The van der Waals surface area contributed by atoms with Gasteiger partial charge in [-0.3, -0.25) is 9.40 Å². The third-order valence-corrected chi connectivity index (χ3v) is 5.64. The Balaban J connectivity index is 1.58. The van der Waals surface area contributed by atoms with E-state index in [1.54, 1.807) is 10.9 Å². The predicted octanol–water partition coefficient (Wildman–Crippen LogP) is 4.16. The summed E-state index contributed by atoms with van der Waals surface area (Å²) in [4.78, 5) is -0.767. The number of rotatable bonds is 5. The van der Waals surface area contributed by atoms with Gasteiger partial charge >= 0.3 is 0 Å². The van der Waals surface area contributed by atoms with Gasteiger partial charge in [0, 0.05) is 12.3 Å². The second-order valence-corrected chi connectivity index (χ2v) is 7.87. The van der Waals surface area contributed by atoms with Crippen molar-refractivity contribution in [3.63, 3.8) is 0 Å². The minimum absolute atomic E-state index is 0.0175. The standard InChI is InChI=1S/C20H15F2N3O2S/c21-16-8-9-18(22)19(12-16)28(26,27)24-20-10-11-25(23-20)13-15-6-3-5-14-4-1-2-7-17(14)15/h1-12H,13H2,(H,23,24). The highest BCUT2D eigenvalue weighted by atomic mass is 32.2.